The van der Waals surface area contributed by atoms with Crippen LogP contribution in [0.4, 0.5) is 14.5 Å². The van der Waals surface area contributed by atoms with Gasteiger partial charge in [0.25, 0.3) is 0 Å². The summed E-state index contributed by atoms with van der Waals surface area (Å²) in [5.74, 6) is 0.302. The predicted octanol–water partition coefficient (Wildman–Crippen LogP) is 3.71. The van der Waals surface area contributed by atoms with E-state index in [1.54, 1.807) is 36.9 Å². The SMILES string of the molecule is FC(F)Oc1cccc(Oc2ncc(-c3cncc(N[C@H]4CCNC4)c3)cn2)c1. The average Bonchev–Trinajstić information content (AvgIpc) is 3.22. The Morgan fingerprint density at radius 3 is 2.62 bits per heavy atom. The van der Waals surface area contributed by atoms with E-state index in [0.717, 1.165) is 36.3 Å². The molecule has 1 saturated heterocycles. The van der Waals surface area contributed by atoms with Crippen LogP contribution in [0.25, 0.3) is 11.1 Å². The maximum atomic E-state index is 12.3. The number of ether oxygens (including phenoxy) is 2. The van der Waals surface area contributed by atoms with Gasteiger partial charge in [-0.05, 0) is 31.2 Å². The molecule has 0 bridgehead atoms. The van der Waals surface area contributed by atoms with Crippen LogP contribution in [0.3, 0.4) is 0 Å². The molecule has 2 aromatic heterocycles. The zero-order valence-corrected chi connectivity index (χ0v) is 15.4. The smallest absolute Gasteiger partial charge is 0.387 e. The number of alkyl halides is 2. The van der Waals surface area contributed by atoms with E-state index in [0.29, 0.717) is 11.8 Å². The van der Waals surface area contributed by atoms with Crippen LogP contribution in [0.2, 0.25) is 0 Å². The summed E-state index contributed by atoms with van der Waals surface area (Å²) < 4.78 is 34.5. The van der Waals surface area contributed by atoms with E-state index in [1.807, 2.05) is 6.07 Å². The summed E-state index contributed by atoms with van der Waals surface area (Å²) in [6.07, 6.45) is 7.85. The van der Waals surface area contributed by atoms with Crippen molar-refractivity contribution in [2.45, 2.75) is 19.1 Å². The molecule has 0 saturated carbocycles. The fourth-order valence-electron chi connectivity index (χ4n) is 3.03. The number of benzene rings is 1. The third-order valence-corrected chi connectivity index (χ3v) is 4.37. The van der Waals surface area contributed by atoms with Crippen molar-refractivity contribution >= 4 is 5.69 Å². The Bertz CT molecular complexity index is 950. The van der Waals surface area contributed by atoms with Crippen LogP contribution in [0.1, 0.15) is 6.42 Å². The lowest BCUT2D eigenvalue weighted by Crippen LogP contribution is -2.22. The molecule has 0 aliphatic carbocycles. The second-order valence-electron chi connectivity index (χ2n) is 6.51. The number of halogens is 2. The normalized spacial score (nSPS) is 16.0. The lowest BCUT2D eigenvalue weighted by atomic mass is 10.1. The van der Waals surface area contributed by atoms with Gasteiger partial charge in [0.1, 0.15) is 11.5 Å². The van der Waals surface area contributed by atoms with Gasteiger partial charge in [0.2, 0.25) is 0 Å². The first-order chi connectivity index (χ1) is 14.2. The first-order valence-corrected chi connectivity index (χ1v) is 9.13. The van der Waals surface area contributed by atoms with Gasteiger partial charge in [-0.1, -0.05) is 6.07 Å². The van der Waals surface area contributed by atoms with Crippen molar-refractivity contribution in [3.05, 3.63) is 55.1 Å². The van der Waals surface area contributed by atoms with E-state index >= 15 is 0 Å². The van der Waals surface area contributed by atoms with Crippen LogP contribution in [-0.2, 0) is 0 Å². The van der Waals surface area contributed by atoms with Crippen LogP contribution in [0.5, 0.6) is 17.5 Å². The molecule has 2 N–H and O–H groups in total. The van der Waals surface area contributed by atoms with E-state index in [2.05, 4.69) is 30.3 Å². The van der Waals surface area contributed by atoms with Crippen molar-refractivity contribution in [1.82, 2.24) is 20.3 Å². The van der Waals surface area contributed by atoms with Crippen LogP contribution < -0.4 is 20.1 Å². The van der Waals surface area contributed by atoms with Gasteiger partial charge in [-0.15, -0.1) is 0 Å². The van der Waals surface area contributed by atoms with Crippen molar-refractivity contribution in [3.63, 3.8) is 0 Å². The molecular weight excluding hydrogens is 380 g/mol. The van der Waals surface area contributed by atoms with Crippen molar-refractivity contribution in [2.24, 2.45) is 0 Å². The van der Waals surface area contributed by atoms with Crippen LogP contribution in [0.15, 0.2) is 55.1 Å². The molecule has 9 heteroatoms. The minimum Gasteiger partial charge on any atom is -0.435 e. The predicted molar refractivity (Wildman–Crippen MR) is 103 cm³/mol. The lowest BCUT2D eigenvalue weighted by molar-refractivity contribution is -0.0499. The van der Waals surface area contributed by atoms with Gasteiger partial charge in [0.05, 0.1) is 5.69 Å². The Morgan fingerprint density at radius 2 is 1.86 bits per heavy atom. The summed E-state index contributed by atoms with van der Waals surface area (Å²) >= 11 is 0. The second-order valence-corrected chi connectivity index (χ2v) is 6.51. The molecule has 1 aromatic carbocycles. The topological polar surface area (TPSA) is 81.2 Å². The summed E-state index contributed by atoms with van der Waals surface area (Å²) in [5.41, 5.74) is 2.60. The third kappa shape index (κ3) is 5.14. The molecule has 1 aliphatic rings. The first-order valence-electron chi connectivity index (χ1n) is 9.13. The molecule has 29 heavy (non-hydrogen) atoms. The van der Waals surface area contributed by atoms with Crippen molar-refractivity contribution < 1.29 is 18.3 Å². The number of nitrogens with one attached hydrogen (secondary N) is 2. The van der Waals surface area contributed by atoms with E-state index in [1.165, 1.54) is 12.1 Å². The third-order valence-electron chi connectivity index (χ3n) is 4.37. The standard InChI is InChI=1S/C20H19F2N5O2/c21-19(22)28-17-2-1-3-18(7-17)29-20-25-9-14(10-26-20)13-6-16(12-24-8-13)27-15-4-5-23-11-15/h1-3,6-10,12,15,19,23,27H,4-5,11H2/t15-/m0/s1. The van der Waals surface area contributed by atoms with Crippen LogP contribution in [0, 0.1) is 0 Å². The summed E-state index contributed by atoms with van der Waals surface area (Å²) in [7, 11) is 0. The molecule has 150 valence electrons. The highest BCUT2D eigenvalue weighted by molar-refractivity contribution is 5.65. The van der Waals surface area contributed by atoms with Gasteiger partial charge in [-0.3, -0.25) is 4.98 Å². The monoisotopic (exact) mass is 399 g/mol. The number of anilines is 1. The van der Waals surface area contributed by atoms with Gasteiger partial charge < -0.3 is 20.1 Å². The zero-order valence-electron chi connectivity index (χ0n) is 15.4. The van der Waals surface area contributed by atoms with E-state index < -0.39 is 6.61 Å². The number of aromatic nitrogens is 3. The number of hydrogen-bond acceptors (Lipinski definition) is 7. The Hall–Kier alpha value is -3.33. The van der Waals surface area contributed by atoms with E-state index in [4.69, 9.17) is 4.74 Å². The molecule has 4 rings (SSSR count). The minimum absolute atomic E-state index is 0.00183. The molecule has 3 heterocycles. The Morgan fingerprint density at radius 1 is 1.03 bits per heavy atom. The maximum absolute atomic E-state index is 12.3. The summed E-state index contributed by atoms with van der Waals surface area (Å²) in [5, 5.41) is 6.77. The molecule has 3 aromatic rings. The second kappa shape index (κ2) is 8.78. The number of hydrogen-bond donors (Lipinski definition) is 2. The molecule has 0 spiro atoms. The fraction of sp³-hybridized carbons (Fsp3) is 0.250. The highest BCUT2D eigenvalue weighted by atomic mass is 19.3. The van der Waals surface area contributed by atoms with Crippen molar-refractivity contribution in [2.75, 3.05) is 18.4 Å². The number of pyridine rings is 1. The molecule has 0 radical (unpaired) electrons. The van der Waals surface area contributed by atoms with Crippen molar-refractivity contribution in [3.8, 4) is 28.6 Å². The zero-order chi connectivity index (χ0) is 20.1. The summed E-state index contributed by atoms with van der Waals surface area (Å²) in [4.78, 5) is 12.7. The van der Waals surface area contributed by atoms with Gasteiger partial charge in [0.15, 0.2) is 0 Å². The molecule has 7 nitrogen and oxygen atoms in total. The maximum Gasteiger partial charge on any atom is 0.387 e. The van der Waals surface area contributed by atoms with Gasteiger partial charge in [-0.2, -0.15) is 8.78 Å². The summed E-state index contributed by atoms with van der Waals surface area (Å²) in [6, 6.07) is 8.40. The molecule has 1 fully saturated rings. The summed E-state index contributed by atoms with van der Waals surface area (Å²) in [6.45, 7) is -0.954. The van der Waals surface area contributed by atoms with Crippen LogP contribution >= 0.6 is 0 Å². The number of nitrogens with zero attached hydrogens (tertiary/aromatic N) is 3. The quantitative estimate of drug-likeness (QED) is 0.627. The minimum atomic E-state index is -2.90. The Labute approximate surface area is 166 Å². The van der Waals surface area contributed by atoms with E-state index in [9.17, 15) is 8.78 Å². The largest absolute Gasteiger partial charge is 0.435 e. The fourth-order valence-corrected chi connectivity index (χ4v) is 3.03. The van der Waals surface area contributed by atoms with Crippen molar-refractivity contribution in [1.29, 1.82) is 0 Å². The van der Waals surface area contributed by atoms with Gasteiger partial charge >= 0.3 is 12.6 Å². The molecular formula is C20H19F2N5O2. The van der Waals surface area contributed by atoms with Gasteiger partial charge in [0, 0.05) is 54.6 Å². The highest BCUT2D eigenvalue weighted by Crippen LogP contribution is 2.26. The van der Waals surface area contributed by atoms with Crippen LogP contribution in [-0.4, -0.2) is 40.7 Å². The lowest BCUT2D eigenvalue weighted by Gasteiger charge is -2.13. The molecule has 0 unspecified atom stereocenters. The molecule has 1 aliphatic heterocycles. The Kier molecular flexibility index (Phi) is 5.76. The molecule has 1 atom stereocenters. The number of rotatable bonds is 7. The average molecular weight is 399 g/mol. The van der Waals surface area contributed by atoms with Gasteiger partial charge in [-0.25, -0.2) is 9.97 Å². The first kappa shape index (κ1) is 19.0. The highest BCUT2D eigenvalue weighted by Gasteiger charge is 2.14. The Balaban J connectivity index is 1.44. The molecule has 0 amide bonds. The van der Waals surface area contributed by atoms with E-state index in [-0.39, 0.29) is 11.8 Å².